The number of aromatic nitrogens is 2. The predicted molar refractivity (Wildman–Crippen MR) is 125 cm³/mol. The summed E-state index contributed by atoms with van der Waals surface area (Å²) < 4.78 is 77.0. The quantitative estimate of drug-likeness (QED) is 0.478. The van der Waals surface area contributed by atoms with Gasteiger partial charge in [0.1, 0.15) is 26.6 Å². The highest BCUT2D eigenvalue weighted by Gasteiger charge is 2.29. The monoisotopic (exact) mass is 537 g/mol. The van der Waals surface area contributed by atoms with E-state index in [0.717, 1.165) is 6.07 Å². The van der Waals surface area contributed by atoms with Gasteiger partial charge >= 0.3 is 6.18 Å². The molecule has 0 spiro atoms. The molecule has 12 heteroatoms. The van der Waals surface area contributed by atoms with Crippen molar-refractivity contribution in [3.05, 3.63) is 46.3 Å². The minimum Gasteiger partial charge on any atom is -0.350 e. The zero-order valence-electron chi connectivity index (χ0n) is 19.5. The van der Waals surface area contributed by atoms with Crippen LogP contribution in [0.25, 0.3) is 5.69 Å². The summed E-state index contributed by atoms with van der Waals surface area (Å²) in [7, 11) is -3.07. The first-order valence-electron chi connectivity index (χ1n) is 11.4. The van der Waals surface area contributed by atoms with E-state index in [9.17, 15) is 30.8 Å². The molecule has 35 heavy (non-hydrogen) atoms. The third-order valence-electron chi connectivity index (χ3n) is 6.32. The number of alkyl halides is 3. The highest BCUT2D eigenvalue weighted by atomic mass is 35.5. The van der Waals surface area contributed by atoms with Crippen LogP contribution < -0.4 is 5.32 Å². The van der Waals surface area contributed by atoms with E-state index in [1.165, 1.54) is 23.0 Å². The second kappa shape index (κ2) is 10.9. The molecular formula is C23H28ClF4N3O3S. The Morgan fingerprint density at radius 2 is 1.89 bits per heavy atom. The normalized spacial score (nSPS) is 19.1. The van der Waals surface area contributed by atoms with Crippen molar-refractivity contribution < 1.29 is 30.8 Å². The third kappa shape index (κ3) is 6.97. The SMILES string of the molecule is CCc1nc(C(=O)NC[C@H]2CC[C@H](S(C)(=O)=O)CC2)c(Cl)n1-c1ccc(CCC(F)(F)F)cc1F. The van der Waals surface area contributed by atoms with Crippen molar-refractivity contribution in [3.63, 3.8) is 0 Å². The molecule has 0 radical (unpaired) electrons. The standard InChI is InChI=1S/C23H28ClF4N3O3S/c1-3-19-30-20(22(32)29-13-15-4-7-16(8-5-15)35(2,33)34)21(24)31(19)18-9-6-14(12-17(18)25)10-11-23(26,27)28/h6,9,12,15-16H,3-5,7-8,10-11,13H2,1-2H3,(H,29,32)/t15-,16-. The fraction of sp³-hybridized carbons (Fsp3) is 0.565. The van der Waals surface area contributed by atoms with Crippen LogP contribution in [0.3, 0.4) is 0 Å². The van der Waals surface area contributed by atoms with Gasteiger partial charge in [-0.1, -0.05) is 24.6 Å². The van der Waals surface area contributed by atoms with Crippen molar-refractivity contribution in [2.45, 2.75) is 63.3 Å². The summed E-state index contributed by atoms with van der Waals surface area (Å²) >= 11 is 6.42. The second-order valence-electron chi connectivity index (χ2n) is 8.94. The summed E-state index contributed by atoms with van der Waals surface area (Å²) in [6.07, 6.45) is -1.73. The van der Waals surface area contributed by atoms with Crippen LogP contribution in [0.4, 0.5) is 17.6 Å². The largest absolute Gasteiger partial charge is 0.389 e. The van der Waals surface area contributed by atoms with Crippen molar-refractivity contribution in [1.82, 2.24) is 14.9 Å². The van der Waals surface area contributed by atoms with Gasteiger partial charge in [-0.05, 0) is 55.7 Å². The van der Waals surface area contributed by atoms with E-state index in [2.05, 4.69) is 10.3 Å². The molecule has 1 aromatic carbocycles. The van der Waals surface area contributed by atoms with E-state index >= 15 is 0 Å². The van der Waals surface area contributed by atoms with Gasteiger partial charge in [-0.15, -0.1) is 0 Å². The number of amides is 1. The number of rotatable bonds is 8. The van der Waals surface area contributed by atoms with E-state index < -0.39 is 34.2 Å². The number of sulfone groups is 1. The molecule has 6 nitrogen and oxygen atoms in total. The van der Waals surface area contributed by atoms with Crippen LogP contribution in [0.1, 0.15) is 60.9 Å². The van der Waals surface area contributed by atoms with Crippen molar-refractivity contribution in [2.75, 3.05) is 12.8 Å². The van der Waals surface area contributed by atoms with Crippen LogP contribution in [-0.4, -0.2) is 48.1 Å². The number of benzene rings is 1. The first-order chi connectivity index (χ1) is 16.3. The molecule has 1 aliphatic carbocycles. The van der Waals surface area contributed by atoms with Crippen LogP contribution in [0.2, 0.25) is 5.15 Å². The zero-order chi connectivity index (χ0) is 26.0. The van der Waals surface area contributed by atoms with Crippen molar-refractivity contribution >= 4 is 27.3 Å². The van der Waals surface area contributed by atoms with Gasteiger partial charge in [-0.2, -0.15) is 13.2 Å². The fourth-order valence-corrected chi connectivity index (χ4v) is 5.77. The molecule has 194 valence electrons. The van der Waals surface area contributed by atoms with E-state index in [1.54, 1.807) is 6.92 Å². The average molecular weight is 538 g/mol. The molecule has 1 heterocycles. The Bertz CT molecular complexity index is 1170. The first-order valence-corrected chi connectivity index (χ1v) is 13.7. The highest BCUT2D eigenvalue weighted by Crippen LogP contribution is 2.30. The Labute approximate surface area is 207 Å². The number of halogens is 5. The highest BCUT2D eigenvalue weighted by molar-refractivity contribution is 7.91. The van der Waals surface area contributed by atoms with Gasteiger partial charge in [0, 0.05) is 25.6 Å². The molecule has 1 aromatic heterocycles. The molecule has 1 aliphatic rings. The molecule has 3 rings (SSSR count). The Balaban J connectivity index is 1.72. The lowest BCUT2D eigenvalue weighted by atomic mass is 9.89. The molecule has 2 aromatic rings. The second-order valence-corrected chi connectivity index (χ2v) is 11.6. The van der Waals surface area contributed by atoms with Gasteiger partial charge in [-0.25, -0.2) is 17.8 Å². The molecule has 1 fully saturated rings. The smallest absolute Gasteiger partial charge is 0.350 e. The molecule has 1 amide bonds. The fourth-order valence-electron chi connectivity index (χ4n) is 4.33. The Morgan fingerprint density at radius 1 is 1.23 bits per heavy atom. The maximum atomic E-state index is 14.8. The maximum absolute atomic E-state index is 14.8. The minimum absolute atomic E-state index is 0.00624. The van der Waals surface area contributed by atoms with Crippen molar-refractivity contribution in [3.8, 4) is 5.69 Å². The third-order valence-corrected chi connectivity index (χ3v) is 8.35. The molecule has 0 saturated heterocycles. The first kappa shape index (κ1) is 27.4. The summed E-state index contributed by atoms with van der Waals surface area (Å²) in [6.45, 7) is 2.09. The van der Waals surface area contributed by atoms with Crippen LogP contribution in [0, 0.1) is 11.7 Å². The molecule has 1 saturated carbocycles. The Kier molecular flexibility index (Phi) is 8.52. The van der Waals surface area contributed by atoms with E-state index in [4.69, 9.17) is 11.6 Å². The van der Waals surface area contributed by atoms with Crippen molar-refractivity contribution in [1.29, 1.82) is 0 Å². The van der Waals surface area contributed by atoms with Crippen LogP contribution in [-0.2, 0) is 22.7 Å². The summed E-state index contributed by atoms with van der Waals surface area (Å²) in [6, 6.07) is 3.76. The van der Waals surface area contributed by atoms with Gasteiger partial charge < -0.3 is 5.32 Å². The molecule has 0 bridgehead atoms. The lowest BCUT2D eigenvalue weighted by molar-refractivity contribution is -0.134. The van der Waals surface area contributed by atoms with Gasteiger partial charge in [0.05, 0.1) is 10.9 Å². The number of aryl methyl sites for hydroxylation is 2. The zero-order valence-corrected chi connectivity index (χ0v) is 21.0. The molecule has 0 unspecified atom stereocenters. The van der Waals surface area contributed by atoms with Gasteiger partial charge in [0.2, 0.25) is 0 Å². The number of hydrogen-bond acceptors (Lipinski definition) is 4. The van der Waals surface area contributed by atoms with Crippen LogP contribution >= 0.6 is 11.6 Å². The number of carbonyl (C=O) groups is 1. The Morgan fingerprint density at radius 3 is 2.43 bits per heavy atom. The summed E-state index contributed by atoms with van der Waals surface area (Å²) in [4.78, 5) is 17.1. The van der Waals surface area contributed by atoms with Gasteiger partial charge in [0.25, 0.3) is 5.91 Å². The van der Waals surface area contributed by atoms with E-state index in [1.807, 2.05) is 0 Å². The minimum atomic E-state index is -4.34. The predicted octanol–water partition coefficient (Wildman–Crippen LogP) is 5.06. The van der Waals surface area contributed by atoms with E-state index in [0.29, 0.717) is 44.5 Å². The molecule has 1 N–H and O–H groups in total. The molecular weight excluding hydrogens is 510 g/mol. The average Bonchev–Trinajstić information content (AvgIpc) is 3.11. The van der Waals surface area contributed by atoms with Crippen LogP contribution in [0.15, 0.2) is 18.2 Å². The van der Waals surface area contributed by atoms with Gasteiger partial charge in [-0.3, -0.25) is 9.36 Å². The maximum Gasteiger partial charge on any atom is 0.389 e. The number of imidazole rings is 1. The molecule has 0 atom stereocenters. The summed E-state index contributed by atoms with van der Waals surface area (Å²) in [5.41, 5.74) is 0.114. The number of carbonyl (C=O) groups excluding carboxylic acids is 1. The summed E-state index contributed by atoms with van der Waals surface area (Å²) in [5, 5.41) is 2.34. The lowest BCUT2D eigenvalue weighted by Gasteiger charge is -2.27. The number of nitrogens with zero attached hydrogens (tertiary/aromatic N) is 2. The van der Waals surface area contributed by atoms with E-state index in [-0.39, 0.29) is 39.7 Å². The Hall–Kier alpha value is -2.14. The number of hydrogen-bond donors (Lipinski definition) is 1. The summed E-state index contributed by atoms with van der Waals surface area (Å²) in [5.74, 6) is -0.843. The van der Waals surface area contributed by atoms with Crippen molar-refractivity contribution in [2.24, 2.45) is 5.92 Å². The number of nitrogens with one attached hydrogen (secondary N) is 1. The van der Waals surface area contributed by atoms with Crippen LogP contribution in [0.5, 0.6) is 0 Å². The lowest BCUT2D eigenvalue weighted by Crippen LogP contribution is -2.34. The van der Waals surface area contributed by atoms with Gasteiger partial charge in [0.15, 0.2) is 5.69 Å². The topological polar surface area (TPSA) is 81.1 Å². The molecule has 0 aliphatic heterocycles.